The SMILES string of the molecule is CC1CCN(c2ncc3c(n2)CC[C@@H](C(=O)NCc2ccc(OC(C)C)cc2)C3)CC1. The number of hydrogen-bond acceptors (Lipinski definition) is 5. The minimum Gasteiger partial charge on any atom is -0.491 e. The van der Waals surface area contributed by atoms with Crippen LogP contribution in [0.1, 0.15) is 56.9 Å². The zero-order chi connectivity index (χ0) is 21.8. The number of fused-ring (bicyclic) bond motifs is 1. The van der Waals surface area contributed by atoms with E-state index in [1.54, 1.807) is 0 Å². The molecule has 0 unspecified atom stereocenters. The van der Waals surface area contributed by atoms with E-state index in [1.165, 1.54) is 12.8 Å². The summed E-state index contributed by atoms with van der Waals surface area (Å²) < 4.78 is 5.67. The summed E-state index contributed by atoms with van der Waals surface area (Å²) in [7, 11) is 0. The number of anilines is 1. The van der Waals surface area contributed by atoms with Gasteiger partial charge in [0.25, 0.3) is 0 Å². The van der Waals surface area contributed by atoms with Gasteiger partial charge in [-0.05, 0) is 75.1 Å². The zero-order valence-corrected chi connectivity index (χ0v) is 18.9. The van der Waals surface area contributed by atoms with Gasteiger partial charge in [0.2, 0.25) is 11.9 Å². The predicted octanol–water partition coefficient (Wildman–Crippen LogP) is 3.92. The van der Waals surface area contributed by atoms with Crippen LogP contribution in [-0.2, 0) is 24.2 Å². The third kappa shape index (κ3) is 5.54. The molecule has 1 saturated heterocycles. The van der Waals surface area contributed by atoms with E-state index in [-0.39, 0.29) is 17.9 Å². The molecule has 1 atom stereocenters. The van der Waals surface area contributed by atoms with Gasteiger partial charge in [-0.25, -0.2) is 9.97 Å². The number of piperidine rings is 1. The lowest BCUT2D eigenvalue weighted by molar-refractivity contribution is -0.125. The Hall–Kier alpha value is -2.63. The first-order valence-corrected chi connectivity index (χ1v) is 11.6. The minimum atomic E-state index is -0.0127. The standard InChI is InChI=1S/C25H34N4O2/c1-17(2)31-22-7-4-19(5-8-22)15-26-24(30)20-6-9-23-21(14-20)16-27-25(28-23)29-12-10-18(3)11-13-29/h4-5,7-8,16-18,20H,6,9-15H2,1-3H3,(H,26,30)/t20-/m1/s1. The molecule has 1 aromatic heterocycles. The van der Waals surface area contributed by atoms with Crippen molar-refractivity contribution in [2.75, 3.05) is 18.0 Å². The highest BCUT2D eigenvalue weighted by Gasteiger charge is 2.27. The molecule has 1 N–H and O–H groups in total. The van der Waals surface area contributed by atoms with Gasteiger partial charge < -0.3 is 15.0 Å². The van der Waals surface area contributed by atoms with Crippen molar-refractivity contribution in [3.8, 4) is 5.75 Å². The van der Waals surface area contributed by atoms with E-state index < -0.39 is 0 Å². The maximum Gasteiger partial charge on any atom is 0.225 e. The number of carbonyl (C=O) groups excluding carboxylic acids is 1. The highest BCUT2D eigenvalue weighted by atomic mass is 16.5. The average molecular weight is 423 g/mol. The molecule has 0 spiro atoms. The summed E-state index contributed by atoms with van der Waals surface area (Å²) in [4.78, 5) is 24.5. The number of aromatic nitrogens is 2. The van der Waals surface area contributed by atoms with Crippen molar-refractivity contribution in [2.45, 2.75) is 65.5 Å². The van der Waals surface area contributed by atoms with Gasteiger partial charge in [-0.1, -0.05) is 19.1 Å². The normalized spacial score (nSPS) is 19.2. The van der Waals surface area contributed by atoms with E-state index in [1.807, 2.05) is 44.3 Å². The highest BCUT2D eigenvalue weighted by molar-refractivity contribution is 5.79. The van der Waals surface area contributed by atoms with E-state index in [0.29, 0.717) is 6.54 Å². The fraction of sp³-hybridized carbons (Fsp3) is 0.560. The summed E-state index contributed by atoms with van der Waals surface area (Å²) in [5, 5.41) is 3.10. The minimum absolute atomic E-state index is 0.0127. The van der Waals surface area contributed by atoms with Crippen LogP contribution in [0.4, 0.5) is 5.95 Å². The second-order valence-corrected chi connectivity index (χ2v) is 9.28. The van der Waals surface area contributed by atoms with Crippen LogP contribution in [0, 0.1) is 11.8 Å². The Bertz CT molecular complexity index is 889. The molecule has 2 aliphatic rings. The number of nitrogens with one attached hydrogen (secondary N) is 1. The Morgan fingerprint density at radius 3 is 2.65 bits per heavy atom. The lowest BCUT2D eigenvalue weighted by atomic mass is 9.86. The molecule has 4 rings (SSSR count). The molecule has 2 aromatic rings. The molecule has 0 bridgehead atoms. The van der Waals surface area contributed by atoms with Gasteiger partial charge in [0.05, 0.1) is 6.10 Å². The van der Waals surface area contributed by atoms with Crippen molar-refractivity contribution in [2.24, 2.45) is 11.8 Å². The third-order valence-corrected chi connectivity index (χ3v) is 6.34. The lowest BCUT2D eigenvalue weighted by Gasteiger charge is -2.31. The number of carbonyl (C=O) groups is 1. The van der Waals surface area contributed by atoms with Gasteiger partial charge in [0.15, 0.2) is 0 Å². The topological polar surface area (TPSA) is 67.4 Å². The highest BCUT2D eigenvalue weighted by Crippen LogP contribution is 2.27. The Morgan fingerprint density at radius 1 is 1.19 bits per heavy atom. The summed E-state index contributed by atoms with van der Waals surface area (Å²) in [6, 6.07) is 7.92. The van der Waals surface area contributed by atoms with Crippen molar-refractivity contribution in [1.82, 2.24) is 15.3 Å². The molecule has 1 aliphatic carbocycles. The summed E-state index contributed by atoms with van der Waals surface area (Å²) in [6.45, 7) is 8.94. The molecule has 1 fully saturated rings. The van der Waals surface area contributed by atoms with Crippen LogP contribution in [-0.4, -0.2) is 35.1 Å². The van der Waals surface area contributed by atoms with Crippen LogP contribution >= 0.6 is 0 Å². The van der Waals surface area contributed by atoms with Crippen molar-refractivity contribution in [3.05, 3.63) is 47.3 Å². The summed E-state index contributed by atoms with van der Waals surface area (Å²) >= 11 is 0. The van der Waals surface area contributed by atoms with E-state index in [9.17, 15) is 4.79 Å². The number of aryl methyl sites for hydroxylation is 1. The predicted molar refractivity (Wildman–Crippen MR) is 122 cm³/mol. The fourth-order valence-electron chi connectivity index (χ4n) is 4.37. The monoisotopic (exact) mass is 422 g/mol. The molecule has 1 aliphatic heterocycles. The van der Waals surface area contributed by atoms with Crippen molar-refractivity contribution < 1.29 is 9.53 Å². The maximum absolute atomic E-state index is 12.8. The molecule has 166 valence electrons. The largest absolute Gasteiger partial charge is 0.491 e. The quantitative estimate of drug-likeness (QED) is 0.764. The van der Waals surface area contributed by atoms with Crippen LogP contribution in [0.25, 0.3) is 0 Å². The van der Waals surface area contributed by atoms with Crippen LogP contribution in [0.2, 0.25) is 0 Å². The molecule has 6 nitrogen and oxygen atoms in total. The van der Waals surface area contributed by atoms with E-state index in [2.05, 4.69) is 22.1 Å². The van der Waals surface area contributed by atoms with Crippen LogP contribution in [0.15, 0.2) is 30.5 Å². The number of hydrogen-bond donors (Lipinski definition) is 1. The Balaban J connectivity index is 1.30. The molecule has 2 heterocycles. The van der Waals surface area contributed by atoms with Crippen LogP contribution in [0.3, 0.4) is 0 Å². The number of ether oxygens (including phenoxy) is 1. The average Bonchev–Trinajstić information content (AvgIpc) is 2.78. The second kappa shape index (κ2) is 9.67. The number of amides is 1. The van der Waals surface area contributed by atoms with Crippen LogP contribution < -0.4 is 15.0 Å². The summed E-state index contributed by atoms with van der Waals surface area (Å²) in [6.07, 6.45) is 6.92. The first-order valence-electron chi connectivity index (χ1n) is 11.6. The zero-order valence-electron chi connectivity index (χ0n) is 18.9. The van der Waals surface area contributed by atoms with E-state index in [4.69, 9.17) is 9.72 Å². The molecular formula is C25H34N4O2. The smallest absolute Gasteiger partial charge is 0.225 e. The Labute approximate surface area is 185 Å². The molecule has 0 radical (unpaired) electrons. The number of rotatable bonds is 6. The van der Waals surface area contributed by atoms with E-state index in [0.717, 1.165) is 66.8 Å². The van der Waals surface area contributed by atoms with Crippen molar-refractivity contribution in [1.29, 1.82) is 0 Å². The molecule has 31 heavy (non-hydrogen) atoms. The van der Waals surface area contributed by atoms with Crippen molar-refractivity contribution >= 4 is 11.9 Å². The summed E-state index contributed by atoms with van der Waals surface area (Å²) in [5.74, 6) is 2.61. The first kappa shape index (κ1) is 21.6. The second-order valence-electron chi connectivity index (χ2n) is 9.28. The molecule has 1 aromatic carbocycles. The fourth-order valence-corrected chi connectivity index (χ4v) is 4.37. The van der Waals surface area contributed by atoms with Crippen molar-refractivity contribution in [3.63, 3.8) is 0 Å². The summed E-state index contributed by atoms with van der Waals surface area (Å²) in [5.41, 5.74) is 3.31. The first-order chi connectivity index (χ1) is 15.0. The Kier molecular flexibility index (Phi) is 6.73. The number of benzene rings is 1. The molecule has 1 amide bonds. The maximum atomic E-state index is 12.8. The molecule has 0 saturated carbocycles. The third-order valence-electron chi connectivity index (χ3n) is 6.34. The van der Waals surface area contributed by atoms with E-state index >= 15 is 0 Å². The number of nitrogens with zero attached hydrogens (tertiary/aromatic N) is 3. The Morgan fingerprint density at radius 2 is 1.94 bits per heavy atom. The van der Waals surface area contributed by atoms with Gasteiger partial charge in [0.1, 0.15) is 5.75 Å². The van der Waals surface area contributed by atoms with Crippen LogP contribution in [0.5, 0.6) is 5.75 Å². The van der Waals surface area contributed by atoms with Gasteiger partial charge in [-0.3, -0.25) is 4.79 Å². The molecule has 6 heteroatoms. The van der Waals surface area contributed by atoms with Gasteiger partial charge in [0, 0.05) is 37.4 Å². The van der Waals surface area contributed by atoms with Gasteiger partial charge >= 0.3 is 0 Å². The van der Waals surface area contributed by atoms with Gasteiger partial charge in [-0.2, -0.15) is 0 Å². The molecular weight excluding hydrogens is 388 g/mol. The lowest BCUT2D eigenvalue weighted by Crippen LogP contribution is -2.36. The van der Waals surface area contributed by atoms with Gasteiger partial charge in [-0.15, -0.1) is 0 Å².